The van der Waals surface area contributed by atoms with E-state index < -0.39 is 0 Å². The first kappa shape index (κ1) is 10.0. The lowest BCUT2D eigenvalue weighted by molar-refractivity contribution is 0.141. The summed E-state index contributed by atoms with van der Waals surface area (Å²) in [6, 6.07) is 1.49. The number of hydrogen-bond donors (Lipinski definition) is 1. The molecule has 1 heterocycles. The molecule has 0 saturated carbocycles. The van der Waals surface area contributed by atoms with Crippen LogP contribution in [0.3, 0.4) is 0 Å². The Kier molecular flexibility index (Phi) is 4.02. The van der Waals surface area contributed by atoms with Crippen molar-refractivity contribution in [3.05, 3.63) is 0 Å². The Morgan fingerprint density at radius 1 is 1.42 bits per heavy atom. The van der Waals surface area contributed by atoms with Gasteiger partial charge >= 0.3 is 0 Å². The van der Waals surface area contributed by atoms with Crippen LogP contribution >= 0.6 is 0 Å². The third-order valence-corrected chi connectivity index (χ3v) is 2.86. The van der Waals surface area contributed by atoms with Gasteiger partial charge in [-0.1, -0.05) is 13.8 Å². The molecule has 2 heteroatoms. The van der Waals surface area contributed by atoms with Crippen molar-refractivity contribution < 1.29 is 0 Å². The van der Waals surface area contributed by atoms with Crippen LogP contribution < -0.4 is 5.32 Å². The molecule has 0 aliphatic carbocycles. The van der Waals surface area contributed by atoms with E-state index in [2.05, 4.69) is 31.0 Å². The van der Waals surface area contributed by atoms with Gasteiger partial charge in [-0.15, -0.1) is 0 Å². The summed E-state index contributed by atoms with van der Waals surface area (Å²) in [5.74, 6) is 0. The van der Waals surface area contributed by atoms with Crippen LogP contribution in [0.1, 0.15) is 33.6 Å². The molecule has 0 spiro atoms. The summed E-state index contributed by atoms with van der Waals surface area (Å²) in [5, 5.41) is 3.47. The Labute approximate surface area is 76.3 Å². The Balaban J connectivity index is 2.38. The van der Waals surface area contributed by atoms with E-state index in [1.54, 1.807) is 0 Å². The molecule has 2 nitrogen and oxygen atoms in total. The molecule has 0 bridgehead atoms. The summed E-state index contributed by atoms with van der Waals surface area (Å²) >= 11 is 0. The predicted octanol–water partition coefficient (Wildman–Crippen LogP) is 1.47. The third kappa shape index (κ3) is 2.46. The average molecular weight is 170 g/mol. The fourth-order valence-electron chi connectivity index (χ4n) is 2.10. The molecule has 1 aliphatic rings. The van der Waals surface area contributed by atoms with Gasteiger partial charge in [-0.3, -0.25) is 4.90 Å². The van der Waals surface area contributed by atoms with Crippen molar-refractivity contribution in [3.63, 3.8) is 0 Å². The molecule has 0 aromatic rings. The highest BCUT2D eigenvalue weighted by Gasteiger charge is 2.20. The van der Waals surface area contributed by atoms with Crippen LogP contribution in [-0.2, 0) is 0 Å². The number of piperazine rings is 1. The van der Waals surface area contributed by atoms with Crippen molar-refractivity contribution in [3.8, 4) is 0 Å². The van der Waals surface area contributed by atoms with Crippen LogP contribution in [0.4, 0.5) is 0 Å². The number of nitrogens with zero attached hydrogens (tertiary/aromatic N) is 1. The van der Waals surface area contributed by atoms with E-state index in [0.717, 1.165) is 12.6 Å². The van der Waals surface area contributed by atoms with Crippen molar-refractivity contribution in [1.29, 1.82) is 0 Å². The summed E-state index contributed by atoms with van der Waals surface area (Å²) in [5.41, 5.74) is 0. The molecule has 1 N–H and O–H groups in total. The minimum absolute atomic E-state index is 0.680. The average Bonchev–Trinajstić information content (AvgIpc) is 2.07. The van der Waals surface area contributed by atoms with Crippen molar-refractivity contribution in [2.24, 2.45) is 0 Å². The van der Waals surface area contributed by atoms with Crippen molar-refractivity contribution in [2.75, 3.05) is 19.6 Å². The second kappa shape index (κ2) is 4.83. The van der Waals surface area contributed by atoms with Crippen LogP contribution in [-0.4, -0.2) is 36.6 Å². The van der Waals surface area contributed by atoms with Gasteiger partial charge in [0.2, 0.25) is 0 Å². The van der Waals surface area contributed by atoms with Gasteiger partial charge in [0, 0.05) is 31.7 Å². The summed E-state index contributed by atoms with van der Waals surface area (Å²) in [4.78, 5) is 2.63. The Morgan fingerprint density at radius 3 is 2.58 bits per heavy atom. The Bertz CT molecular complexity index is 121. The summed E-state index contributed by atoms with van der Waals surface area (Å²) in [6.07, 6.45) is 2.59. The van der Waals surface area contributed by atoms with Gasteiger partial charge in [0.1, 0.15) is 0 Å². The van der Waals surface area contributed by atoms with E-state index in [1.165, 1.54) is 25.9 Å². The zero-order valence-electron chi connectivity index (χ0n) is 8.64. The minimum Gasteiger partial charge on any atom is -0.312 e. The van der Waals surface area contributed by atoms with Crippen LogP contribution in [0.15, 0.2) is 0 Å². The quantitative estimate of drug-likeness (QED) is 0.690. The Morgan fingerprint density at radius 2 is 2.08 bits per heavy atom. The first-order valence-electron chi connectivity index (χ1n) is 5.25. The summed E-state index contributed by atoms with van der Waals surface area (Å²) in [7, 11) is 0. The van der Waals surface area contributed by atoms with Crippen LogP contribution in [0.25, 0.3) is 0 Å². The lowest BCUT2D eigenvalue weighted by Gasteiger charge is -2.37. The first-order chi connectivity index (χ1) is 5.77. The van der Waals surface area contributed by atoms with E-state index >= 15 is 0 Å². The highest BCUT2D eigenvalue weighted by Crippen LogP contribution is 2.10. The molecular formula is C10H22N2. The van der Waals surface area contributed by atoms with Crippen molar-refractivity contribution in [2.45, 2.75) is 45.7 Å². The molecule has 1 saturated heterocycles. The Hall–Kier alpha value is -0.0800. The van der Waals surface area contributed by atoms with E-state index in [0.29, 0.717) is 6.04 Å². The molecule has 72 valence electrons. The minimum atomic E-state index is 0.680. The van der Waals surface area contributed by atoms with Gasteiger partial charge in [-0.2, -0.15) is 0 Å². The molecule has 12 heavy (non-hydrogen) atoms. The second-order valence-corrected chi connectivity index (χ2v) is 3.82. The molecule has 0 aromatic carbocycles. The van der Waals surface area contributed by atoms with E-state index in [4.69, 9.17) is 0 Å². The van der Waals surface area contributed by atoms with E-state index in [9.17, 15) is 0 Å². The van der Waals surface area contributed by atoms with Gasteiger partial charge < -0.3 is 5.32 Å². The number of rotatable bonds is 3. The van der Waals surface area contributed by atoms with Gasteiger partial charge in [0.25, 0.3) is 0 Å². The highest BCUT2D eigenvalue weighted by atomic mass is 15.2. The topological polar surface area (TPSA) is 15.3 Å². The monoisotopic (exact) mass is 170 g/mol. The van der Waals surface area contributed by atoms with Gasteiger partial charge in [0.15, 0.2) is 0 Å². The number of hydrogen-bond acceptors (Lipinski definition) is 2. The summed E-state index contributed by atoms with van der Waals surface area (Å²) in [6.45, 7) is 10.5. The molecule has 0 unspecified atom stereocenters. The molecule has 0 aromatic heterocycles. The van der Waals surface area contributed by atoms with Crippen molar-refractivity contribution >= 4 is 0 Å². The van der Waals surface area contributed by atoms with E-state index in [1.807, 2.05) is 0 Å². The SMILES string of the molecule is CCC(CC)N1CCN[C@@H](C)C1. The van der Waals surface area contributed by atoms with Crippen LogP contribution in [0.5, 0.6) is 0 Å². The lowest BCUT2D eigenvalue weighted by Crippen LogP contribution is -2.52. The zero-order chi connectivity index (χ0) is 8.97. The molecule has 1 atom stereocenters. The van der Waals surface area contributed by atoms with Gasteiger partial charge in [0.05, 0.1) is 0 Å². The van der Waals surface area contributed by atoms with Gasteiger partial charge in [-0.25, -0.2) is 0 Å². The maximum absolute atomic E-state index is 3.47. The highest BCUT2D eigenvalue weighted by molar-refractivity contribution is 4.79. The maximum atomic E-state index is 3.47. The molecule has 0 amide bonds. The molecule has 0 radical (unpaired) electrons. The third-order valence-electron chi connectivity index (χ3n) is 2.86. The smallest absolute Gasteiger partial charge is 0.0167 e. The maximum Gasteiger partial charge on any atom is 0.0167 e. The normalized spacial score (nSPS) is 26.5. The fraction of sp³-hybridized carbons (Fsp3) is 1.00. The summed E-state index contributed by atoms with van der Waals surface area (Å²) < 4.78 is 0. The molecular weight excluding hydrogens is 148 g/mol. The van der Waals surface area contributed by atoms with E-state index in [-0.39, 0.29) is 0 Å². The molecule has 1 aliphatic heterocycles. The predicted molar refractivity (Wildman–Crippen MR) is 53.4 cm³/mol. The zero-order valence-corrected chi connectivity index (χ0v) is 8.64. The van der Waals surface area contributed by atoms with Crippen molar-refractivity contribution in [1.82, 2.24) is 10.2 Å². The number of nitrogens with one attached hydrogen (secondary N) is 1. The first-order valence-corrected chi connectivity index (χ1v) is 5.25. The standard InChI is InChI=1S/C10H22N2/c1-4-10(5-2)12-7-6-11-9(3)8-12/h9-11H,4-8H2,1-3H3/t9-/m0/s1. The molecule has 1 rings (SSSR count). The lowest BCUT2D eigenvalue weighted by atomic mass is 10.1. The van der Waals surface area contributed by atoms with Crippen LogP contribution in [0, 0.1) is 0 Å². The second-order valence-electron chi connectivity index (χ2n) is 3.82. The largest absolute Gasteiger partial charge is 0.312 e. The molecule has 1 fully saturated rings. The fourth-order valence-corrected chi connectivity index (χ4v) is 2.10. The van der Waals surface area contributed by atoms with Crippen LogP contribution in [0.2, 0.25) is 0 Å². The van der Waals surface area contributed by atoms with Gasteiger partial charge in [-0.05, 0) is 19.8 Å².